The summed E-state index contributed by atoms with van der Waals surface area (Å²) >= 11 is 0. The number of hydrogen-bond acceptors (Lipinski definition) is 2. The summed E-state index contributed by atoms with van der Waals surface area (Å²) in [6.07, 6.45) is -1.23. The van der Waals surface area contributed by atoms with Crippen LogP contribution in [0.15, 0.2) is 67.0 Å². The molecule has 0 aliphatic heterocycles. The molecule has 0 aliphatic rings. The van der Waals surface area contributed by atoms with Crippen molar-refractivity contribution in [2.24, 2.45) is 0 Å². The van der Waals surface area contributed by atoms with Crippen molar-refractivity contribution in [3.63, 3.8) is 0 Å². The number of pyridine rings is 1. The van der Waals surface area contributed by atoms with Crippen molar-refractivity contribution in [1.82, 2.24) is 10.3 Å². The van der Waals surface area contributed by atoms with Crippen LogP contribution in [0.5, 0.6) is 0 Å². The molecule has 3 rings (SSSR count). The van der Waals surface area contributed by atoms with E-state index in [-0.39, 0.29) is 5.56 Å². The second-order valence-electron chi connectivity index (χ2n) is 5.74. The lowest BCUT2D eigenvalue weighted by molar-refractivity contribution is -0.148. The van der Waals surface area contributed by atoms with E-state index >= 15 is 0 Å². The molecule has 0 spiro atoms. The summed E-state index contributed by atoms with van der Waals surface area (Å²) in [5, 5.41) is 6.49. The Morgan fingerprint density at radius 1 is 1.04 bits per heavy atom. The molecule has 2 aromatic carbocycles. The van der Waals surface area contributed by atoms with Crippen LogP contribution >= 0.6 is 0 Å². The maximum absolute atomic E-state index is 13.3. The topological polar surface area (TPSA) is 54.0 Å². The molecule has 1 heterocycles. The number of amides is 2. The SMILES string of the molecule is O=C(NCC(c1ccccc1)C(F)(F)F)Nc1cccc2cnccc12. The molecule has 1 unspecified atom stereocenters. The van der Waals surface area contributed by atoms with Gasteiger partial charge in [0.25, 0.3) is 0 Å². The average Bonchev–Trinajstić information content (AvgIpc) is 2.62. The number of hydrogen-bond donors (Lipinski definition) is 2. The Morgan fingerprint density at radius 2 is 1.81 bits per heavy atom. The Labute approximate surface area is 148 Å². The molecule has 0 fully saturated rings. The van der Waals surface area contributed by atoms with E-state index in [2.05, 4.69) is 15.6 Å². The highest BCUT2D eigenvalue weighted by atomic mass is 19.4. The largest absolute Gasteiger partial charge is 0.397 e. The number of carbonyl (C=O) groups excluding carboxylic acids is 1. The molecule has 0 saturated carbocycles. The van der Waals surface area contributed by atoms with Gasteiger partial charge in [-0.25, -0.2) is 4.79 Å². The van der Waals surface area contributed by atoms with Gasteiger partial charge in [0.15, 0.2) is 0 Å². The molecule has 7 heteroatoms. The molecule has 26 heavy (non-hydrogen) atoms. The second kappa shape index (κ2) is 7.43. The van der Waals surface area contributed by atoms with Crippen LogP contribution in [-0.4, -0.2) is 23.7 Å². The summed E-state index contributed by atoms with van der Waals surface area (Å²) in [7, 11) is 0. The van der Waals surface area contributed by atoms with Crippen molar-refractivity contribution in [3.8, 4) is 0 Å². The number of carbonyl (C=O) groups is 1. The van der Waals surface area contributed by atoms with Crippen LogP contribution in [0.1, 0.15) is 11.5 Å². The van der Waals surface area contributed by atoms with Gasteiger partial charge in [-0.15, -0.1) is 0 Å². The number of fused-ring (bicyclic) bond motifs is 1. The highest BCUT2D eigenvalue weighted by Crippen LogP contribution is 2.34. The van der Waals surface area contributed by atoms with Gasteiger partial charge in [0.2, 0.25) is 0 Å². The third kappa shape index (κ3) is 4.11. The summed E-state index contributed by atoms with van der Waals surface area (Å²) in [5.74, 6) is -1.77. The van der Waals surface area contributed by atoms with Gasteiger partial charge in [0, 0.05) is 29.7 Å². The van der Waals surface area contributed by atoms with Gasteiger partial charge in [0.1, 0.15) is 0 Å². The zero-order valence-electron chi connectivity index (χ0n) is 13.6. The van der Waals surface area contributed by atoms with Gasteiger partial charge >= 0.3 is 12.2 Å². The van der Waals surface area contributed by atoms with Crippen molar-refractivity contribution < 1.29 is 18.0 Å². The third-order valence-corrected chi connectivity index (χ3v) is 3.99. The number of benzene rings is 2. The van der Waals surface area contributed by atoms with E-state index in [1.54, 1.807) is 36.7 Å². The molecule has 0 aliphatic carbocycles. The van der Waals surface area contributed by atoms with E-state index in [1.807, 2.05) is 6.07 Å². The summed E-state index contributed by atoms with van der Waals surface area (Å²) in [4.78, 5) is 16.1. The first-order valence-corrected chi connectivity index (χ1v) is 7.94. The molecule has 3 aromatic rings. The first-order chi connectivity index (χ1) is 12.4. The Hall–Kier alpha value is -3.09. The monoisotopic (exact) mass is 359 g/mol. The first-order valence-electron chi connectivity index (χ1n) is 7.94. The first kappa shape index (κ1) is 17.7. The number of anilines is 1. The summed E-state index contributed by atoms with van der Waals surface area (Å²) in [6.45, 7) is -0.550. The number of urea groups is 1. The maximum Gasteiger partial charge on any atom is 0.397 e. The smallest absolute Gasteiger partial charge is 0.337 e. The van der Waals surface area contributed by atoms with Crippen molar-refractivity contribution in [3.05, 3.63) is 72.6 Å². The Bertz CT molecular complexity index is 892. The van der Waals surface area contributed by atoms with Gasteiger partial charge in [-0.2, -0.15) is 13.2 Å². The van der Waals surface area contributed by atoms with Crippen molar-refractivity contribution >= 4 is 22.5 Å². The van der Waals surface area contributed by atoms with E-state index in [0.717, 1.165) is 10.8 Å². The van der Waals surface area contributed by atoms with Crippen LogP contribution in [0.2, 0.25) is 0 Å². The Kier molecular flexibility index (Phi) is 5.06. The molecule has 1 atom stereocenters. The van der Waals surface area contributed by atoms with Crippen LogP contribution in [0.4, 0.5) is 23.7 Å². The zero-order valence-corrected chi connectivity index (χ0v) is 13.6. The quantitative estimate of drug-likeness (QED) is 0.709. The standard InChI is InChI=1S/C19H16F3N3O/c20-19(21,22)16(13-5-2-1-3-6-13)12-24-18(26)25-17-8-4-7-14-11-23-10-9-15(14)17/h1-11,16H,12H2,(H2,24,25,26). The predicted octanol–water partition coefficient (Wildman–Crippen LogP) is 4.70. The lowest BCUT2D eigenvalue weighted by Gasteiger charge is -2.21. The van der Waals surface area contributed by atoms with Gasteiger partial charge in [0.05, 0.1) is 11.6 Å². The van der Waals surface area contributed by atoms with Gasteiger partial charge < -0.3 is 10.6 Å². The number of alkyl halides is 3. The fourth-order valence-electron chi connectivity index (χ4n) is 2.70. The molecular weight excluding hydrogens is 343 g/mol. The summed E-state index contributed by atoms with van der Waals surface area (Å²) in [5.41, 5.74) is 0.613. The van der Waals surface area contributed by atoms with Crippen LogP contribution in [0.3, 0.4) is 0 Å². The molecule has 0 saturated heterocycles. The fourth-order valence-corrected chi connectivity index (χ4v) is 2.70. The molecule has 134 valence electrons. The molecule has 0 bridgehead atoms. The molecule has 2 N–H and O–H groups in total. The Morgan fingerprint density at radius 3 is 2.54 bits per heavy atom. The van der Waals surface area contributed by atoms with Crippen molar-refractivity contribution in [2.75, 3.05) is 11.9 Å². The van der Waals surface area contributed by atoms with E-state index in [9.17, 15) is 18.0 Å². The molecule has 0 radical (unpaired) electrons. The minimum atomic E-state index is -4.46. The van der Waals surface area contributed by atoms with Crippen LogP contribution < -0.4 is 10.6 Å². The molecule has 2 amide bonds. The van der Waals surface area contributed by atoms with Gasteiger partial charge in [-0.3, -0.25) is 4.98 Å². The Balaban J connectivity index is 1.71. The lowest BCUT2D eigenvalue weighted by atomic mass is 9.98. The van der Waals surface area contributed by atoms with Crippen LogP contribution in [0, 0.1) is 0 Å². The molecule has 4 nitrogen and oxygen atoms in total. The lowest BCUT2D eigenvalue weighted by Crippen LogP contribution is -2.37. The van der Waals surface area contributed by atoms with Gasteiger partial charge in [-0.1, -0.05) is 42.5 Å². The van der Waals surface area contributed by atoms with Crippen molar-refractivity contribution in [2.45, 2.75) is 12.1 Å². The van der Waals surface area contributed by atoms with Crippen LogP contribution in [-0.2, 0) is 0 Å². The van der Waals surface area contributed by atoms with E-state index < -0.39 is 24.7 Å². The van der Waals surface area contributed by atoms with E-state index in [1.165, 1.54) is 24.3 Å². The molecule has 1 aromatic heterocycles. The highest BCUT2D eigenvalue weighted by Gasteiger charge is 2.40. The number of halogens is 3. The van der Waals surface area contributed by atoms with E-state index in [4.69, 9.17) is 0 Å². The normalized spacial score (nSPS) is 12.6. The van der Waals surface area contributed by atoms with E-state index in [0.29, 0.717) is 5.69 Å². The van der Waals surface area contributed by atoms with Crippen molar-refractivity contribution in [1.29, 1.82) is 0 Å². The number of nitrogens with zero attached hydrogens (tertiary/aromatic N) is 1. The number of aromatic nitrogens is 1. The highest BCUT2D eigenvalue weighted by molar-refractivity contribution is 6.01. The number of nitrogens with one attached hydrogen (secondary N) is 2. The fraction of sp³-hybridized carbons (Fsp3) is 0.158. The second-order valence-corrected chi connectivity index (χ2v) is 5.74. The van der Waals surface area contributed by atoms with Gasteiger partial charge in [-0.05, 0) is 17.7 Å². The minimum Gasteiger partial charge on any atom is -0.337 e. The number of rotatable bonds is 4. The average molecular weight is 359 g/mol. The maximum atomic E-state index is 13.3. The summed E-state index contributed by atoms with van der Waals surface area (Å²) < 4.78 is 39.9. The zero-order chi connectivity index (χ0) is 18.6. The van der Waals surface area contributed by atoms with Crippen LogP contribution in [0.25, 0.3) is 10.8 Å². The third-order valence-electron chi connectivity index (χ3n) is 3.99. The summed E-state index contributed by atoms with van der Waals surface area (Å²) in [6, 6.07) is 13.8. The molecular formula is C19H16F3N3O. The predicted molar refractivity (Wildman–Crippen MR) is 94.0 cm³/mol. The minimum absolute atomic E-state index is 0.108.